The molecule has 0 unspecified atom stereocenters. The maximum Gasteiger partial charge on any atom is 0.269 e. The van der Waals surface area contributed by atoms with Crippen molar-refractivity contribution in [2.75, 3.05) is 5.32 Å². The average molecular weight is 396 g/mol. The van der Waals surface area contributed by atoms with Crippen molar-refractivity contribution in [3.63, 3.8) is 0 Å². The summed E-state index contributed by atoms with van der Waals surface area (Å²) >= 11 is 0. The highest BCUT2D eigenvalue weighted by atomic mass is 16.2. The highest BCUT2D eigenvalue weighted by Crippen LogP contribution is 2.20. The molecule has 0 aliphatic carbocycles. The second-order valence-corrected chi connectivity index (χ2v) is 6.84. The van der Waals surface area contributed by atoms with Crippen molar-refractivity contribution in [1.29, 1.82) is 0 Å². The molecule has 0 saturated carbocycles. The van der Waals surface area contributed by atoms with E-state index in [4.69, 9.17) is 5.73 Å². The molecule has 0 fully saturated rings. The second-order valence-electron chi connectivity index (χ2n) is 6.84. The summed E-state index contributed by atoms with van der Waals surface area (Å²) < 4.78 is 1.56. The maximum absolute atomic E-state index is 12.4. The van der Waals surface area contributed by atoms with E-state index in [1.54, 1.807) is 29.1 Å². The molecule has 3 N–H and O–H groups in total. The van der Waals surface area contributed by atoms with Gasteiger partial charge in [-0.1, -0.05) is 54.6 Å². The molecule has 2 amide bonds. The third-order valence-electron chi connectivity index (χ3n) is 4.68. The van der Waals surface area contributed by atoms with E-state index in [0.29, 0.717) is 5.69 Å². The predicted molar refractivity (Wildman–Crippen MR) is 116 cm³/mol. The zero-order chi connectivity index (χ0) is 20.9. The first-order chi connectivity index (χ1) is 14.6. The quantitative estimate of drug-likeness (QED) is 0.519. The Morgan fingerprint density at radius 2 is 1.50 bits per heavy atom. The minimum atomic E-state index is -0.575. The lowest BCUT2D eigenvalue weighted by atomic mass is 10.0. The van der Waals surface area contributed by atoms with Gasteiger partial charge in [-0.05, 0) is 47.0 Å². The van der Waals surface area contributed by atoms with Crippen LogP contribution in [-0.4, -0.2) is 21.6 Å². The van der Waals surface area contributed by atoms with E-state index in [-0.39, 0.29) is 18.0 Å². The van der Waals surface area contributed by atoms with Gasteiger partial charge >= 0.3 is 0 Å². The summed E-state index contributed by atoms with van der Waals surface area (Å²) in [6, 6.07) is 26.9. The Morgan fingerprint density at radius 1 is 0.833 bits per heavy atom. The third kappa shape index (κ3) is 4.44. The summed E-state index contributed by atoms with van der Waals surface area (Å²) in [6.45, 7) is 0. The summed E-state index contributed by atoms with van der Waals surface area (Å²) in [7, 11) is 0. The van der Waals surface area contributed by atoms with Gasteiger partial charge in [-0.25, -0.2) is 4.68 Å². The monoisotopic (exact) mass is 396 g/mol. The largest absolute Gasteiger partial charge is 0.364 e. The van der Waals surface area contributed by atoms with Gasteiger partial charge in [0, 0.05) is 11.9 Å². The minimum Gasteiger partial charge on any atom is -0.364 e. The fraction of sp³-hybridized carbons (Fsp3) is 0.0417. The first-order valence-electron chi connectivity index (χ1n) is 9.48. The highest BCUT2D eigenvalue weighted by Gasteiger charge is 2.08. The number of rotatable bonds is 6. The Kier molecular flexibility index (Phi) is 5.39. The van der Waals surface area contributed by atoms with Crippen LogP contribution >= 0.6 is 0 Å². The molecule has 0 aliphatic rings. The van der Waals surface area contributed by atoms with Crippen LogP contribution in [0.1, 0.15) is 16.1 Å². The number of primary amides is 1. The number of amides is 2. The molecule has 30 heavy (non-hydrogen) atoms. The number of nitrogens with one attached hydrogen (secondary N) is 1. The van der Waals surface area contributed by atoms with Crippen LogP contribution in [0.2, 0.25) is 0 Å². The smallest absolute Gasteiger partial charge is 0.269 e. The third-order valence-corrected chi connectivity index (χ3v) is 4.68. The molecule has 1 heterocycles. The first kappa shape index (κ1) is 19.1. The van der Waals surface area contributed by atoms with Crippen molar-refractivity contribution in [2.24, 2.45) is 5.73 Å². The van der Waals surface area contributed by atoms with E-state index in [9.17, 15) is 9.59 Å². The molecule has 0 aliphatic heterocycles. The van der Waals surface area contributed by atoms with Gasteiger partial charge in [-0.15, -0.1) is 0 Å². The lowest BCUT2D eigenvalue weighted by Crippen LogP contribution is -2.14. The van der Waals surface area contributed by atoms with Crippen molar-refractivity contribution in [3.8, 4) is 16.8 Å². The van der Waals surface area contributed by atoms with Gasteiger partial charge in [0.25, 0.3) is 5.91 Å². The molecule has 0 bridgehead atoms. The van der Waals surface area contributed by atoms with E-state index in [2.05, 4.69) is 22.5 Å². The van der Waals surface area contributed by atoms with Crippen LogP contribution in [0.5, 0.6) is 0 Å². The number of nitrogens with two attached hydrogens (primary N) is 1. The number of anilines is 1. The first-order valence-corrected chi connectivity index (χ1v) is 9.48. The summed E-state index contributed by atoms with van der Waals surface area (Å²) in [5, 5.41) is 7.01. The van der Waals surface area contributed by atoms with E-state index in [1.807, 2.05) is 54.6 Å². The van der Waals surface area contributed by atoms with E-state index in [1.165, 1.54) is 0 Å². The lowest BCUT2D eigenvalue weighted by molar-refractivity contribution is -0.115. The molecule has 4 rings (SSSR count). The molecule has 6 heteroatoms. The number of hydrogen-bond acceptors (Lipinski definition) is 3. The van der Waals surface area contributed by atoms with Crippen molar-refractivity contribution in [1.82, 2.24) is 9.78 Å². The second kappa shape index (κ2) is 8.45. The fourth-order valence-corrected chi connectivity index (χ4v) is 3.13. The number of hydrogen-bond donors (Lipinski definition) is 2. The maximum atomic E-state index is 12.4. The van der Waals surface area contributed by atoms with Gasteiger partial charge in [-0.3, -0.25) is 9.59 Å². The van der Waals surface area contributed by atoms with Crippen molar-refractivity contribution in [3.05, 3.63) is 102 Å². The molecule has 0 spiro atoms. The normalized spacial score (nSPS) is 10.5. The molecule has 6 nitrogen and oxygen atoms in total. The SMILES string of the molecule is NC(=O)c1ccn(-c2ccc(NC(=O)Cc3ccc(-c4ccccc4)cc3)cc2)n1. The summed E-state index contributed by atoms with van der Waals surface area (Å²) in [4.78, 5) is 23.6. The number of carbonyl (C=O) groups excluding carboxylic acids is 2. The molecule has 0 atom stereocenters. The van der Waals surface area contributed by atoms with Crippen molar-refractivity contribution < 1.29 is 9.59 Å². The summed E-state index contributed by atoms with van der Waals surface area (Å²) in [5.41, 5.74) is 10.1. The van der Waals surface area contributed by atoms with Gasteiger partial charge in [-0.2, -0.15) is 5.10 Å². The van der Waals surface area contributed by atoms with Crippen LogP contribution in [0, 0.1) is 0 Å². The Labute approximate surface area is 174 Å². The Bertz CT molecular complexity index is 1160. The molecule has 0 radical (unpaired) electrons. The van der Waals surface area contributed by atoms with Gasteiger partial charge in [0.2, 0.25) is 5.91 Å². The van der Waals surface area contributed by atoms with Crippen molar-refractivity contribution >= 4 is 17.5 Å². The van der Waals surface area contributed by atoms with Gasteiger partial charge in [0.15, 0.2) is 0 Å². The van der Waals surface area contributed by atoms with Crippen LogP contribution in [0.25, 0.3) is 16.8 Å². The number of nitrogens with zero attached hydrogens (tertiary/aromatic N) is 2. The van der Waals surface area contributed by atoms with E-state index in [0.717, 1.165) is 22.4 Å². The Hall–Kier alpha value is -4.19. The van der Waals surface area contributed by atoms with E-state index >= 15 is 0 Å². The molecular weight excluding hydrogens is 376 g/mol. The van der Waals surface area contributed by atoms with Crippen LogP contribution in [-0.2, 0) is 11.2 Å². The topological polar surface area (TPSA) is 90.0 Å². The summed E-state index contributed by atoms with van der Waals surface area (Å²) in [5.74, 6) is -0.667. The minimum absolute atomic E-state index is 0.0923. The van der Waals surface area contributed by atoms with Gasteiger partial charge < -0.3 is 11.1 Å². The number of benzene rings is 3. The predicted octanol–water partition coefficient (Wildman–Crippen LogP) is 3.82. The average Bonchev–Trinajstić information content (AvgIpc) is 3.26. The van der Waals surface area contributed by atoms with Crippen LogP contribution in [0.4, 0.5) is 5.69 Å². The molecule has 3 aromatic carbocycles. The fourth-order valence-electron chi connectivity index (χ4n) is 3.13. The summed E-state index contributed by atoms with van der Waals surface area (Å²) in [6.07, 6.45) is 1.95. The van der Waals surface area contributed by atoms with Crippen molar-refractivity contribution in [2.45, 2.75) is 6.42 Å². The Morgan fingerprint density at radius 3 is 2.13 bits per heavy atom. The van der Waals surface area contributed by atoms with Gasteiger partial charge in [0.1, 0.15) is 5.69 Å². The molecule has 1 aromatic heterocycles. The Balaban J connectivity index is 1.37. The number of carbonyl (C=O) groups is 2. The van der Waals surface area contributed by atoms with Crippen LogP contribution in [0.15, 0.2) is 91.1 Å². The van der Waals surface area contributed by atoms with Crippen LogP contribution in [0.3, 0.4) is 0 Å². The molecular formula is C24H20N4O2. The molecule has 4 aromatic rings. The van der Waals surface area contributed by atoms with Gasteiger partial charge in [0.05, 0.1) is 12.1 Å². The zero-order valence-corrected chi connectivity index (χ0v) is 16.2. The molecule has 0 saturated heterocycles. The highest BCUT2D eigenvalue weighted by molar-refractivity contribution is 5.92. The van der Waals surface area contributed by atoms with Crippen LogP contribution < -0.4 is 11.1 Å². The molecule has 148 valence electrons. The lowest BCUT2D eigenvalue weighted by Gasteiger charge is -2.08. The number of aromatic nitrogens is 2. The van der Waals surface area contributed by atoms with E-state index < -0.39 is 5.91 Å². The standard InChI is InChI=1S/C24H20N4O2/c25-24(30)22-14-15-28(27-22)21-12-10-20(11-13-21)26-23(29)16-17-6-8-19(9-7-17)18-4-2-1-3-5-18/h1-15H,16H2,(H2,25,30)(H,26,29). The zero-order valence-electron chi connectivity index (χ0n) is 16.2.